The van der Waals surface area contributed by atoms with Gasteiger partial charge in [-0.2, -0.15) is 0 Å². The van der Waals surface area contributed by atoms with Gasteiger partial charge in [-0.15, -0.1) is 0 Å². The minimum absolute atomic E-state index is 0.269. The predicted molar refractivity (Wildman–Crippen MR) is 121 cm³/mol. The molecule has 0 amide bonds. The zero-order chi connectivity index (χ0) is 19.8. The Morgan fingerprint density at radius 1 is 0.929 bits per heavy atom. The summed E-state index contributed by atoms with van der Waals surface area (Å²) in [4.78, 5) is 2.17. The Kier molecular flexibility index (Phi) is 5.01. The molecule has 1 heterocycles. The molecule has 4 rings (SSSR count). The molecule has 0 saturated heterocycles. The topological polar surface area (TPSA) is 15.5 Å². The molecule has 0 spiro atoms. The van der Waals surface area contributed by atoms with Gasteiger partial charge < -0.3 is 0 Å². The van der Waals surface area contributed by atoms with Crippen molar-refractivity contribution in [3.05, 3.63) is 66.0 Å². The first-order chi connectivity index (χ1) is 13.5. The molecule has 0 aromatic heterocycles. The van der Waals surface area contributed by atoms with Crippen molar-refractivity contribution in [1.82, 2.24) is 4.58 Å². The summed E-state index contributed by atoms with van der Waals surface area (Å²) in [6, 6.07) is 22.1. The number of anilines is 1. The molecule has 28 heavy (non-hydrogen) atoms. The average molecular weight is 436 g/mol. The first kappa shape index (κ1) is 18.8. The van der Waals surface area contributed by atoms with Crippen LogP contribution in [-0.4, -0.2) is 49.8 Å². The van der Waals surface area contributed by atoms with Crippen LogP contribution in [0, 0.1) is 0 Å². The quantitative estimate of drug-likeness (QED) is 0.276. The average Bonchev–Trinajstić information content (AvgIpc) is 2.70. The van der Waals surface area contributed by atoms with Crippen LogP contribution in [0.25, 0.3) is 30.8 Å². The van der Waals surface area contributed by atoms with Gasteiger partial charge in [-0.1, -0.05) is 0 Å². The summed E-state index contributed by atoms with van der Waals surface area (Å²) < 4.78 is 10.5. The number of nitrogens with zero attached hydrogens (tertiary/aromatic N) is 2. The molecule has 0 bridgehead atoms. The van der Waals surface area contributed by atoms with E-state index in [1.165, 1.54) is 41.8 Å². The summed E-state index contributed by atoms with van der Waals surface area (Å²) in [6.45, 7) is 0. The van der Waals surface area contributed by atoms with Crippen molar-refractivity contribution in [3.63, 3.8) is 0 Å². The van der Waals surface area contributed by atoms with Crippen LogP contribution in [0.15, 0.2) is 60.7 Å². The molecule has 0 N–H and O–H groups in total. The number of rotatable bonds is 3. The van der Waals surface area contributed by atoms with Crippen LogP contribution in [0.3, 0.4) is 0 Å². The fourth-order valence-electron chi connectivity index (χ4n) is 3.51. The Morgan fingerprint density at radius 2 is 1.75 bits per heavy atom. The van der Waals surface area contributed by atoms with E-state index in [0.717, 1.165) is 5.75 Å². The van der Waals surface area contributed by atoms with Crippen LogP contribution in [0.4, 0.5) is 5.69 Å². The zero-order valence-electron chi connectivity index (χ0n) is 17.0. The molecule has 0 unspecified atom stereocenters. The van der Waals surface area contributed by atoms with Crippen molar-refractivity contribution in [3.8, 4) is 26.9 Å². The molecule has 0 atom stereocenters. The fourth-order valence-corrected chi connectivity index (χ4v) is 5.94. The van der Waals surface area contributed by atoms with Gasteiger partial charge in [0, 0.05) is 0 Å². The van der Waals surface area contributed by atoms with Gasteiger partial charge in [-0.05, 0) is 0 Å². The summed E-state index contributed by atoms with van der Waals surface area (Å²) in [5.74, 6) is 0.888. The second-order valence-electron chi connectivity index (χ2n) is 7.36. The number of fused-ring (bicyclic) bond motifs is 2. The summed E-state index contributed by atoms with van der Waals surface area (Å²) >= 11 is 0.269. The molecule has 2 aromatic carbocycles. The SMILES string of the molecule is COc1cccc(-c2c3ccc(=[N+](C)C)cc-3[se]c3cc(N(C)C)ccc23)c1. The first-order valence-electron chi connectivity index (χ1n) is 9.30. The van der Waals surface area contributed by atoms with Crippen LogP contribution in [0.5, 0.6) is 5.75 Å². The summed E-state index contributed by atoms with van der Waals surface area (Å²) in [6.07, 6.45) is 0. The van der Waals surface area contributed by atoms with Crippen LogP contribution < -0.4 is 19.6 Å². The van der Waals surface area contributed by atoms with Crippen molar-refractivity contribution in [2.45, 2.75) is 0 Å². The molecule has 142 valence electrons. The Balaban J connectivity index is 2.13. The van der Waals surface area contributed by atoms with E-state index in [1.807, 2.05) is 6.07 Å². The maximum atomic E-state index is 5.50. The molecule has 1 aliphatic carbocycles. The van der Waals surface area contributed by atoms with Gasteiger partial charge in [-0.3, -0.25) is 0 Å². The van der Waals surface area contributed by atoms with Crippen molar-refractivity contribution >= 4 is 29.8 Å². The Bertz CT molecular complexity index is 1200. The van der Waals surface area contributed by atoms with Gasteiger partial charge in [0.05, 0.1) is 0 Å². The maximum absolute atomic E-state index is 5.50. The number of methoxy groups -OCH3 is 1. The Labute approximate surface area is 172 Å². The second-order valence-corrected chi connectivity index (χ2v) is 9.63. The zero-order valence-corrected chi connectivity index (χ0v) is 18.7. The first-order valence-corrected chi connectivity index (χ1v) is 11.0. The number of hydrogen-bond donors (Lipinski definition) is 0. The van der Waals surface area contributed by atoms with Crippen molar-refractivity contribution in [1.29, 1.82) is 0 Å². The summed E-state index contributed by atoms with van der Waals surface area (Å²) in [5.41, 5.74) is 5.09. The van der Waals surface area contributed by atoms with E-state index >= 15 is 0 Å². The number of hydrogen-bond acceptors (Lipinski definition) is 2. The molecule has 0 saturated carbocycles. The molecule has 2 aromatic rings. The number of benzene rings is 3. The molecular weight excluding hydrogens is 411 g/mol. The third-order valence-corrected chi connectivity index (χ3v) is 7.42. The molecular formula is C24H25N2OSe+. The van der Waals surface area contributed by atoms with Gasteiger partial charge >= 0.3 is 172 Å². The Morgan fingerprint density at radius 3 is 2.46 bits per heavy atom. The van der Waals surface area contributed by atoms with Gasteiger partial charge in [0.15, 0.2) is 0 Å². The molecule has 4 heteroatoms. The van der Waals surface area contributed by atoms with Crippen molar-refractivity contribution in [2.75, 3.05) is 40.2 Å². The standard InChI is InChI=1S/C24H25N2OSe/c1-25(2)17-9-11-20-22(14-17)28-23-15-18(26(3)4)10-12-21(23)24(20)16-7-6-8-19(13-16)27-5/h6-15H,1-5H3/q+1. The van der Waals surface area contributed by atoms with Crippen LogP contribution in [0.1, 0.15) is 0 Å². The minimum atomic E-state index is 0.269. The van der Waals surface area contributed by atoms with Gasteiger partial charge in [0.25, 0.3) is 0 Å². The Hall–Kier alpha value is -2.55. The van der Waals surface area contributed by atoms with E-state index in [-0.39, 0.29) is 14.5 Å². The van der Waals surface area contributed by atoms with E-state index in [1.54, 1.807) is 7.11 Å². The third-order valence-electron chi connectivity index (χ3n) is 5.08. The summed E-state index contributed by atoms with van der Waals surface area (Å²) in [7, 11) is 10.1. The van der Waals surface area contributed by atoms with Crippen molar-refractivity contribution < 1.29 is 4.74 Å². The predicted octanol–water partition coefficient (Wildman–Crippen LogP) is 3.78. The monoisotopic (exact) mass is 437 g/mol. The van der Waals surface area contributed by atoms with Crippen molar-refractivity contribution in [2.24, 2.45) is 0 Å². The molecule has 0 fully saturated rings. The third kappa shape index (κ3) is 3.34. The van der Waals surface area contributed by atoms with E-state index in [2.05, 4.69) is 92.3 Å². The van der Waals surface area contributed by atoms with Gasteiger partial charge in [0.2, 0.25) is 0 Å². The number of ether oxygens (including phenoxy) is 1. The van der Waals surface area contributed by atoms with Gasteiger partial charge in [-0.25, -0.2) is 0 Å². The normalized spacial score (nSPS) is 11.0. The van der Waals surface area contributed by atoms with E-state index in [9.17, 15) is 0 Å². The summed E-state index contributed by atoms with van der Waals surface area (Å²) in [5, 5.41) is 2.58. The van der Waals surface area contributed by atoms with Crippen LogP contribution in [0.2, 0.25) is 0 Å². The molecule has 1 aliphatic heterocycles. The second kappa shape index (κ2) is 7.46. The van der Waals surface area contributed by atoms with E-state index in [4.69, 9.17) is 4.74 Å². The van der Waals surface area contributed by atoms with Crippen LogP contribution >= 0.6 is 0 Å². The molecule has 0 radical (unpaired) electrons. The van der Waals surface area contributed by atoms with Crippen LogP contribution in [-0.2, 0) is 0 Å². The molecule has 3 nitrogen and oxygen atoms in total. The fraction of sp³-hybridized carbons (Fsp3) is 0.208. The van der Waals surface area contributed by atoms with E-state index in [0.29, 0.717) is 0 Å². The molecule has 2 aliphatic rings. The van der Waals surface area contributed by atoms with Gasteiger partial charge in [0.1, 0.15) is 0 Å². The van der Waals surface area contributed by atoms with E-state index < -0.39 is 0 Å².